The van der Waals surface area contributed by atoms with Crippen molar-refractivity contribution in [2.45, 2.75) is 19.5 Å². The first-order chi connectivity index (χ1) is 10.6. The Morgan fingerprint density at radius 1 is 1.50 bits per heavy atom. The predicted octanol–water partition coefficient (Wildman–Crippen LogP) is 3.07. The van der Waals surface area contributed by atoms with Crippen molar-refractivity contribution >= 4 is 23.8 Å². The molecule has 2 N–H and O–H groups in total. The van der Waals surface area contributed by atoms with Crippen molar-refractivity contribution in [3.63, 3.8) is 0 Å². The van der Waals surface area contributed by atoms with Gasteiger partial charge in [0, 0.05) is 43.5 Å². The molecule has 0 saturated heterocycles. The predicted molar refractivity (Wildman–Crippen MR) is 86.9 cm³/mol. The fourth-order valence-electron chi connectivity index (χ4n) is 2.66. The molecule has 5 nitrogen and oxygen atoms in total. The van der Waals surface area contributed by atoms with E-state index in [4.69, 9.17) is 28.6 Å². The Labute approximate surface area is 138 Å². The van der Waals surface area contributed by atoms with Gasteiger partial charge in [-0.05, 0) is 23.8 Å². The van der Waals surface area contributed by atoms with Crippen LogP contribution in [0.3, 0.4) is 0 Å². The molecule has 2 aromatic rings. The lowest BCUT2D eigenvalue weighted by Crippen LogP contribution is -2.31. The third-order valence-corrected chi connectivity index (χ3v) is 4.46. The summed E-state index contributed by atoms with van der Waals surface area (Å²) in [5.41, 5.74) is 3.17. The van der Waals surface area contributed by atoms with E-state index in [9.17, 15) is 5.11 Å². The Morgan fingerprint density at radius 3 is 3.09 bits per heavy atom. The number of nitrogens with zero attached hydrogens (tertiary/aromatic N) is 2. The van der Waals surface area contributed by atoms with Gasteiger partial charge in [-0.1, -0.05) is 17.7 Å². The molecule has 0 spiro atoms. The number of phenolic OH excluding ortho intramolecular Hbond substituents is 1. The van der Waals surface area contributed by atoms with Crippen molar-refractivity contribution in [2.24, 2.45) is 0 Å². The second kappa shape index (κ2) is 6.24. The van der Waals surface area contributed by atoms with E-state index in [1.165, 1.54) is 7.11 Å². The second-order valence-electron chi connectivity index (χ2n) is 5.24. The molecular formula is C15H16ClN3O2S. The van der Waals surface area contributed by atoms with Crippen LogP contribution in [-0.4, -0.2) is 33.6 Å². The highest BCUT2D eigenvalue weighted by molar-refractivity contribution is 7.71. The molecule has 0 saturated carbocycles. The second-order valence-corrected chi connectivity index (χ2v) is 6.01. The number of aromatic nitrogens is 2. The Bertz CT molecular complexity index is 763. The SMILES string of the molecule is COc1ccc(CN2CCc3[nH]c(=S)ncc3C2)c(Cl)c1O. The number of hydrogen-bond acceptors (Lipinski definition) is 5. The lowest BCUT2D eigenvalue weighted by atomic mass is 10.1. The summed E-state index contributed by atoms with van der Waals surface area (Å²) in [6, 6.07) is 3.61. The van der Waals surface area contributed by atoms with Crippen LogP contribution in [0.25, 0.3) is 0 Å². The summed E-state index contributed by atoms with van der Waals surface area (Å²) >= 11 is 11.3. The zero-order valence-corrected chi connectivity index (χ0v) is 13.7. The number of H-pyrrole nitrogens is 1. The Morgan fingerprint density at radius 2 is 2.32 bits per heavy atom. The van der Waals surface area contributed by atoms with E-state index >= 15 is 0 Å². The van der Waals surface area contributed by atoms with Crippen molar-refractivity contribution in [2.75, 3.05) is 13.7 Å². The summed E-state index contributed by atoms with van der Waals surface area (Å²) in [5.74, 6) is 0.374. The summed E-state index contributed by atoms with van der Waals surface area (Å²) in [6.45, 7) is 2.33. The van der Waals surface area contributed by atoms with Gasteiger partial charge in [-0.15, -0.1) is 0 Å². The van der Waals surface area contributed by atoms with Crippen LogP contribution in [0, 0.1) is 4.77 Å². The molecule has 0 fully saturated rings. The van der Waals surface area contributed by atoms with Crippen LogP contribution < -0.4 is 4.74 Å². The first kappa shape index (κ1) is 15.3. The monoisotopic (exact) mass is 337 g/mol. The molecule has 3 rings (SSSR count). The summed E-state index contributed by atoms with van der Waals surface area (Å²) in [7, 11) is 1.50. The fourth-order valence-corrected chi connectivity index (χ4v) is 3.05. The van der Waals surface area contributed by atoms with Crippen LogP contribution >= 0.6 is 23.8 Å². The number of hydrogen-bond donors (Lipinski definition) is 2. The zero-order valence-electron chi connectivity index (χ0n) is 12.1. The number of phenols is 1. The molecule has 22 heavy (non-hydrogen) atoms. The highest BCUT2D eigenvalue weighted by atomic mass is 35.5. The van der Waals surface area contributed by atoms with E-state index in [0.29, 0.717) is 22.1 Å². The number of benzene rings is 1. The molecule has 1 aromatic carbocycles. The third kappa shape index (κ3) is 2.95. The van der Waals surface area contributed by atoms with Crippen LogP contribution in [0.2, 0.25) is 5.02 Å². The molecule has 0 aliphatic carbocycles. The maximum atomic E-state index is 9.99. The minimum absolute atomic E-state index is 0.00942. The molecule has 0 amide bonds. The average Bonchev–Trinajstić information content (AvgIpc) is 2.52. The van der Waals surface area contributed by atoms with Gasteiger partial charge in [-0.2, -0.15) is 0 Å². The molecule has 0 unspecified atom stereocenters. The van der Waals surface area contributed by atoms with Gasteiger partial charge < -0.3 is 14.8 Å². The van der Waals surface area contributed by atoms with Crippen LogP contribution in [0.5, 0.6) is 11.5 Å². The first-order valence-corrected chi connectivity index (χ1v) is 7.71. The van der Waals surface area contributed by atoms with Gasteiger partial charge in [0.05, 0.1) is 12.1 Å². The maximum absolute atomic E-state index is 9.99. The number of rotatable bonds is 3. The normalized spacial score (nSPS) is 14.6. The molecule has 2 heterocycles. The van der Waals surface area contributed by atoms with Gasteiger partial charge in [0.25, 0.3) is 0 Å². The quantitative estimate of drug-likeness (QED) is 0.843. The number of methoxy groups -OCH3 is 1. The lowest BCUT2D eigenvalue weighted by Gasteiger charge is -2.28. The number of halogens is 1. The fraction of sp³-hybridized carbons (Fsp3) is 0.333. The molecule has 7 heteroatoms. The topological polar surface area (TPSA) is 61.4 Å². The largest absolute Gasteiger partial charge is 0.503 e. The van der Waals surface area contributed by atoms with Gasteiger partial charge in [0.1, 0.15) is 0 Å². The average molecular weight is 338 g/mol. The van der Waals surface area contributed by atoms with Crippen molar-refractivity contribution in [1.29, 1.82) is 0 Å². The van der Waals surface area contributed by atoms with Gasteiger partial charge in [0.2, 0.25) is 0 Å². The van der Waals surface area contributed by atoms with Gasteiger partial charge in [0.15, 0.2) is 16.3 Å². The van der Waals surface area contributed by atoms with Crippen LogP contribution in [-0.2, 0) is 19.5 Å². The van der Waals surface area contributed by atoms with E-state index in [2.05, 4.69) is 14.9 Å². The molecule has 116 valence electrons. The van der Waals surface area contributed by atoms with E-state index in [1.54, 1.807) is 6.07 Å². The van der Waals surface area contributed by atoms with E-state index in [-0.39, 0.29) is 5.75 Å². The molecule has 0 atom stereocenters. The van der Waals surface area contributed by atoms with Crippen LogP contribution in [0.1, 0.15) is 16.8 Å². The highest BCUT2D eigenvalue weighted by Crippen LogP contribution is 2.37. The summed E-state index contributed by atoms with van der Waals surface area (Å²) < 4.78 is 5.58. The van der Waals surface area contributed by atoms with Gasteiger partial charge >= 0.3 is 0 Å². The van der Waals surface area contributed by atoms with E-state index in [0.717, 1.165) is 36.3 Å². The number of ether oxygens (including phenoxy) is 1. The summed E-state index contributed by atoms with van der Waals surface area (Å²) in [5, 5.41) is 10.3. The van der Waals surface area contributed by atoms with Gasteiger partial charge in [-0.25, -0.2) is 4.98 Å². The molecule has 1 aliphatic heterocycles. The number of aromatic amines is 1. The summed E-state index contributed by atoms with van der Waals surface area (Å²) in [4.78, 5) is 9.54. The van der Waals surface area contributed by atoms with Crippen LogP contribution in [0.4, 0.5) is 0 Å². The number of aromatic hydroxyl groups is 1. The van der Waals surface area contributed by atoms with E-state index < -0.39 is 0 Å². The van der Waals surface area contributed by atoms with Gasteiger partial charge in [-0.3, -0.25) is 4.90 Å². The zero-order chi connectivity index (χ0) is 15.7. The molecule has 1 aliphatic rings. The molecular weight excluding hydrogens is 322 g/mol. The Balaban J connectivity index is 1.79. The first-order valence-electron chi connectivity index (χ1n) is 6.92. The van der Waals surface area contributed by atoms with Crippen molar-refractivity contribution in [1.82, 2.24) is 14.9 Å². The van der Waals surface area contributed by atoms with Crippen molar-refractivity contribution in [3.05, 3.63) is 44.9 Å². The lowest BCUT2D eigenvalue weighted by molar-refractivity contribution is 0.242. The highest BCUT2D eigenvalue weighted by Gasteiger charge is 2.19. The molecule has 1 aromatic heterocycles. The van der Waals surface area contributed by atoms with Crippen molar-refractivity contribution in [3.8, 4) is 11.5 Å². The molecule has 0 radical (unpaired) electrons. The van der Waals surface area contributed by atoms with Crippen molar-refractivity contribution < 1.29 is 9.84 Å². The summed E-state index contributed by atoms with van der Waals surface area (Å²) in [6.07, 6.45) is 2.72. The maximum Gasteiger partial charge on any atom is 0.196 e. The minimum Gasteiger partial charge on any atom is -0.503 e. The molecule has 0 bridgehead atoms. The van der Waals surface area contributed by atoms with E-state index in [1.807, 2.05) is 12.3 Å². The smallest absolute Gasteiger partial charge is 0.196 e. The number of fused-ring (bicyclic) bond motifs is 1. The third-order valence-electron chi connectivity index (χ3n) is 3.83. The number of nitrogens with one attached hydrogen (secondary N) is 1. The standard InChI is InChI=1S/C15H16ClN3O2S/c1-21-12-3-2-9(13(16)14(12)20)7-19-5-4-11-10(8-19)6-17-15(22)18-11/h2-3,6,20H,4-5,7-8H2,1H3,(H,17,18,22). The Hall–Kier alpha value is -1.63. The van der Waals surface area contributed by atoms with Crippen LogP contribution in [0.15, 0.2) is 18.3 Å². The minimum atomic E-state index is -0.00942. The Kier molecular flexibility index (Phi) is 4.33.